The average Bonchev–Trinajstić information content (AvgIpc) is 2.53. The lowest BCUT2D eigenvalue weighted by atomic mass is 10.1. The molecule has 0 radical (unpaired) electrons. The summed E-state index contributed by atoms with van der Waals surface area (Å²) in [5, 5.41) is 1.93. The Morgan fingerprint density at radius 2 is 1.75 bits per heavy atom. The Balaban J connectivity index is 1.82. The van der Waals surface area contributed by atoms with Crippen LogP contribution in [0.25, 0.3) is 10.8 Å². The summed E-state index contributed by atoms with van der Waals surface area (Å²) in [6.45, 7) is 0.183. The lowest BCUT2D eigenvalue weighted by Crippen LogP contribution is -2.06. The van der Waals surface area contributed by atoms with E-state index in [0.29, 0.717) is 5.56 Å². The molecule has 1 heterocycles. The smallest absolute Gasteiger partial charge is 0.339 e. The second-order valence-electron chi connectivity index (χ2n) is 4.42. The van der Waals surface area contributed by atoms with Crippen molar-refractivity contribution in [3.63, 3.8) is 0 Å². The highest BCUT2D eigenvalue weighted by Gasteiger charge is 2.11. The maximum Gasteiger partial charge on any atom is 0.339 e. The van der Waals surface area contributed by atoms with Crippen LogP contribution in [0.2, 0.25) is 0 Å². The number of nitrogens with zero attached hydrogens (tertiary/aromatic N) is 1. The molecule has 0 fully saturated rings. The van der Waals surface area contributed by atoms with Crippen molar-refractivity contribution in [2.45, 2.75) is 6.61 Å². The van der Waals surface area contributed by atoms with Crippen LogP contribution in [0, 0.1) is 0 Å². The fourth-order valence-corrected chi connectivity index (χ4v) is 2.10. The first-order valence-corrected chi connectivity index (χ1v) is 6.39. The van der Waals surface area contributed by atoms with Gasteiger partial charge in [0.15, 0.2) is 0 Å². The first kappa shape index (κ1) is 12.4. The zero-order valence-corrected chi connectivity index (χ0v) is 10.8. The van der Waals surface area contributed by atoms with Gasteiger partial charge in [0.1, 0.15) is 6.61 Å². The van der Waals surface area contributed by atoms with E-state index in [0.717, 1.165) is 16.5 Å². The van der Waals surface area contributed by atoms with Crippen LogP contribution in [0.3, 0.4) is 0 Å². The molecule has 3 heteroatoms. The van der Waals surface area contributed by atoms with Gasteiger partial charge < -0.3 is 4.74 Å². The van der Waals surface area contributed by atoms with E-state index in [-0.39, 0.29) is 12.6 Å². The molecule has 0 aliphatic carbocycles. The van der Waals surface area contributed by atoms with Crippen LogP contribution in [0.15, 0.2) is 66.9 Å². The van der Waals surface area contributed by atoms with E-state index >= 15 is 0 Å². The second kappa shape index (κ2) is 5.53. The van der Waals surface area contributed by atoms with Crippen LogP contribution in [-0.4, -0.2) is 11.0 Å². The van der Waals surface area contributed by atoms with Crippen molar-refractivity contribution in [2.75, 3.05) is 0 Å². The molecule has 2 aromatic carbocycles. The predicted octanol–water partition coefficient (Wildman–Crippen LogP) is 3.59. The van der Waals surface area contributed by atoms with Gasteiger partial charge in [0.05, 0.1) is 11.3 Å². The maximum atomic E-state index is 12.2. The van der Waals surface area contributed by atoms with Crippen molar-refractivity contribution in [1.29, 1.82) is 0 Å². The summed E-state index contributed by atoms with van der Waals surface area (Å²) >= 11 is 0. The fourth-order valence-electron chi connectivity index (χ4n) is 2.10. The van der Waals surface area contributed by atoms with E-state index in [1.807, 2.05) is 54.6 Å². The summed E-state index contributed by atoms with van der Waals surface area (Å²) in [4.78, 5) is 16.3. The maximum absolute atomic E-state index is 12.2. The van der Waals surface area contributed by atoms with E-state index in [2.05, 4.69) is 4.98 Å². The number of rotatable bonds is 3. The molecule has 20 heavy (non-hydrogen) atoms. The third-order valence-electron chi connectivity index (χ3n) is 3.09. The first-order chi connectivity index (χ1) is 9.84. The first-order valence-electron chi connectivity index (χ1n) is 6.39. The highest BCUT2D eigenvalue weighted by molar-refractivity contribution is 6.04. The Morgan fingerprint density at radius 3 is 2.60 bits per heavy atom. The van der Waals surface area contributed by atoms with Gasteiger partial charge in [-0.3, -0.25) is 4.98 Å². The molecular formula is C17H13NO2. The van der Waals surface area contributed by atoms with Gasteiger partial charge >= 0.3 is 5.97 Å². The Labute approximate surface area is 116 Å². The largest absolute Gasteiger partial charge is 0.456 e. The highest BCUT2D eigenvalue weighted by atomic mass is 16.5. The van der Waals surface area contributed by atoms with Gasteiger partial charge in [0.25, 0.3) is 0 Å². The molecule has 3 aromatic rings. The molecule has 3 rings (SSSR count). The van der Waals surface area contributed by atoms with Crippen LogP contribution >= 0.6 is 0 Å². The standard InChI is InChI=1S/C17H13NO2/c19-17(20-12-14-8-3-4-11-18-14)16-10-5-7-13-6-1-2-9-15(13)16/h1-11H,12H2. The summed E-state index contributed by atoms with van der Waals surface area (Å²) in [7, 11) is 0. The lowest BCUT2D eigenvalue weighted by molar-refractivity contribution is 0.0470. The van der Waals surface area contributed by atoms with Gasteiger partial charge in [0.2, 0.25) is 0 Å². The molecule has 0 aliphatic heterocycles. The number of ether oxygens (including phenoxy) is 1. The van der Waals surface area contributed by atoms with Gasteiger partial charge in [-0.1, -0.05) is 42.5 Å². The van der Waals surface area contributed by atoms with E-state index < -0.39 is 0 Å². The molecule has 3 nitrogen and oxygen atoms in total. The molecule has 0 bridgehead atoms. The van der Waals surface area contributed by atoms with E-state index in [1.165, 1.54) is 0 Å². The van der Waals surface area contributed by atoms with Crippen molar-refractivity contribution in [2.24, 2.45) is 0 Å². The zero-order chi connectivity index (χ0) is 13.8. The molecule has 0 N–H and O–H groups in total. The molecule has 1 aromatic heterocycles. The van der Waals surface area contributed by atoms with Crippen LogP contribution in [0.4, 0.5) is 0 Å². The van der Waals surface area contributed by atoms with E-state index in [1.54, 1.807) is 12.3 Å². The molecule has 0 spiro atoms. The lowest BCUT2D eigenvalue weighted by Gasteiger charge is -2.07. The number of aromatic nitrogens is 1. The van der Waals surface area contributed by atoms with E-state index in [9.17, 15) is 4.79 Å². The quantitative estimate of drug-likeness (QED) is 0.678. The fraction of sp³-hybridized carbons (Fsp3) is 0.0588. The topological polar surface area (TPSA) is 39.2 Å². The van der Waals surface area contributed by atoms with Gasteiger partial charge in [-0.05, 0) is 29.0 Å². The van der Waals surface area contributed by atoms with Gasteiger partial charge in [0, 0.05) is 6.20 Å². The summed E-state index contributed by atoms with van der Waals surface area (Å²) in [5.41, 5.74) is 1.32. The van der Waals surface area contributed by atoms with Gasteiger partial charge in [-0.2, -0.15) is 0 Å². The number of pyridine rings is 1. The predicted molar refractivity (Wildman–Crippen MR) is 77.3 cm³/mol. The highest BCUT2D eigenvalue weighted by Crippen LogP contribution is 2.19. The third-order valence-corrected chi connectivity index (χ3v) is 3.09. The molecule has 0 aliphatic rings. The van der Waals surface area contributed by atoms with Crippen LogP contribution < -0.4 is 0 Å². The Kier molecular flexibility index (Phi) is 3.42. The normalized spacial score (nSPS) is 10.4. The Morgan fingerprint density at radius 1 is 0.950 bits per heavy atom. The summed E-state index contributed by atoms with van der Waals surface area (Å²) in [6.07, 6.45) is 1.68. The van der Waals surface area contributed by atoms with Crippen molar-refractivity contribution in [1.82, 2.24) is 4.98 Å². The van der Waals surface area contributed by atoms with Crippen LogP contribution in [0.5, 0.6) is 0 Å². The molecule has 0 amide bonds. The Hall–Kier alpha value is -2.68. The number of hydrogen-bond donors (Lipinski definition) is 0. The van der Waals surface area contributed by atoms with Crippen molar-refractivity contribution in [3.05, 3.63) is 78.1 Å². The summed E-state index contributed by atoms with van der Waals surface area (Å²) in [6, 6.07) is 18.9. The van der Waals surface area contributed by atoms with Gasteiger partial charge in [-0.15, -0.1) is 0 Å². The minimum atomic E-state index is -0.326. The van der Waals surface area contributed by atoms with Crippen molar-refractivity contribution >= 4 is 16.7 Å². The number of carbonyl (C=O) groups excluding carboxylic acids is 1. The van der Waals surface area contributed by atoms with Crippen molar-refractivity contribution in [3.8, 4) is 0 Å². The number of hydrogen-bond acceptors (Lipinski definition) is 3. The molecular weight excluding hydrogens is 250 g/mol. The number of carbonyl (C=O) groups is 1. The number of benzene rings is 2. The van der Waals surface area contributed by atoms with Crippen LogP contribution in [0.1, 0.15) is 16.1 Å². The minimum Gasteiger partial charge on any atom is -0.456 e. The molecule has 0 atom stereocenters. The third kappa shape index (κ3) is 2.52. The minimum absolute atomic E-state index is 0.183. The van der Waals surface area contributed by atoms with Crippen LogP contribution in [-0.2, 0) is 11.3 Å². The SMILES string of the molecule is O=C(OCc1ccccn1)c1cccc2ccccc12. The molecule has 98 valence electrons. The van der Waals surface area contributed by atoms with Gasteiger partial charge in [-0.25, -0.2) is 4.79 Å². The number of fused-ring (bicyclic) bond motifs is 1. The monoisotopic (exact) mass is 263 g/mol. The average molecular weight is 263 g/mol. The molecule has 0 unspecified atom stereocenters. The number of esters is 1. The Bertz CT molecular complexity index is 733. The zero-order valence-electron chi connectivity index (χ0n) is 10.8. The van der Waals surface area contributed by atoms with E-state index in [4.69, 9.17) is 4.74 Å². The summed E-state index contributed by atoms with van der Waals surface area (Å²) in [5.74, 6) is -0.326. The van der Waals surface area contributed by atoms with Crippen molar-refractivity contribution < 1.29 is 9.53 Å². The summed E-state index contributed by atoms with van der Waals surface area (Å²) < 4.78 is 5.32. The molecule has 0 saturated carbocycles. The molecule has 0 saturated heterocycles. The second-order valence-corrected chi connectivity index (χ2v) is 4.42.